The van der Waals surface area contributed by atoms with Gasteiger partial charge in [0.05, 0.1) is 18.3 Å². The molecule has 0 bridgehead atoms. The third-order valence-electron chi connectivity index (χ3n) is 5.98. The number of piperazine rings is 1. The van der Waals surface area contributed by atoms with Gasteiger partial charge in [-0.3, -0.25) is 9.69 Å². The molecule has 1 heterocycles. The average molecular weight is 507 g/mol. The molecule has 0 aliphatic carbocycles. The minimum Gasteiger partial charge on any atom is -0.367 e. The SMILES string of the molecule is O=C(c1ccc(F)cc1F)N1CCN(CC(OCc2c(F)cccc2F)c2ccc(Cl)cc2)CC1. The maximum atomic E-state index is 14.1. The molecular formula is C26H23ClF4N2O2. The van der Waals surface area contributed by atoms with Gasteiger partial charge in [-0.05, 0) is 42.0 Å². The van der Waals surface area contributed by atoms with E-state index >= 15 is 0 Å². The van der Waals surface area contributed by atoms with Crippen molar-refractivity contribution in [1.82, 2.24) is 9.80 Å². The molecule has 0 N–H and O–H groups in total. The molecule has 1 aliphatic rings. The number of rotatable bonds is 7. The summed E-state index contributed by atoms with van der Waals surface area (Å²) in [7, 11) is 0. The molecule has 35 heavy (non-hydrogen) atoms. The zero-order valence-electron chi connectivity index (χ0n) is 18.7. The van der Waals surface area contributed by atoms with Gasteiger partial charge in [0.25, 0.3) is 5.91 Å². The van der Waals surface area contributed by atoms with E-state index in [4.69, 9.17) is 16.3 Å². The van der Waals surface area contributed by atoms with Gasteiger partial charge in [0.2, 0.25) is 0 Å². The van der Waals surface area contributed by atoms with Crippen molar-refractivity contribution in [1.29, 1.82) is 0 Å². The number of benzene rings is 3. The van der Waals surface area contributed by atoms with Crippen LogP contribution in [0.1, 0.15) is 27.6 Å². The Morgan fingerprint density at radius 1 is 0.886 bits per heavy atom. The Kier molecular flexibility index (Phi) is 8.05. The van der Waals surface area contributed by atoms with Gasteiger partial charge in [0.1, 0.15) is 23.3 Å². The maximum Gasteiger partial charge on any atom is 0.256 e. The number of ether oxygens (including phenoxy) is 1. The summed E-state index contributed by atoms with van der Waals surface area (Å²) in [6.45, 7) is 1.79. The monoisotopic (exact) mass is 506 g/mol. The lowest BCUT2D eigenvalue weighted by Gasteiger charge is -2.36. The summed E-state index contributed by atoms with van der Waals surface area (Å²) in [6, 6.07) is 13.6. The maximum absolute atomic E-state index is 14.1. The molecular weight excluding hydrogens is 484 g/mol. The number of hydrogen-bond acceptors (Lipinski definition) is 3. The zero-order valence-corrected chi connectivity index (χ0v) is 19.5. The number of amides is 1. The summed E-state index contributed by atoms with van der Waals surface area (Å²) in [6.07, 6.45) is -0.511. The summed E-state index contributed by atoms with van der Waals surface area (Å²) < 4.78 is 61.3. The first-order chi connectivity index (χ1) is 16.8. The first kappa shape index (κ1) is 25.2. The van der Waals surface area contributed by atoms with Crippen molar-refractivity contribution >= 4 is 17.5 Å². The minimum atomic E-state index is -0.894. The van der Waals surface area contributed by atoms with Crippen molar-refractivity contribution in [3.8, 4) is 0 Å². The molecule has 0 saturated carbocycles. The topological polar surface area (TPSA) is 32.8 Å². The highest BCUT2D eigenvalue weighted by molar-refractivity contribution is 6.30. The molecule has 1 atom stereocenters. The van der Waals surface area contributed by atoms with Crippen molar-refractivity contribution in [3.05, 3.63) is 106 Å². The van der Waals surface area contributed by atoms with Crippen LogP contribution in [0, 0.1) is 23.3 Å². The van der Waals surface area contributed by atoms with Crippen LogP contribution in [-0.4, -0.2) is 48.4 Å². The van der Waals surface area contributed by atoms with Gasteiger partial charge in [0.15, 0.2) is 0 Å². The molecule has 4 nitrogen and oxygen atoms in total. The summed E-state index contributed by atoms with van der Waals surface area (Å²) in [5, 5.41) is 0.549. The van der Waals surface area contributed by atoms with Gasteiger partial charge in [-0.25, -0.2) is 17.6 Å². The van der Waals surface area contributed by atoms with E-state index in [1.54, 1.807) is 24.3 Å². The van der Waals surface area contributed by atoms with Crippen LogP contribution in [0.3, 0.4) is 0 Å². The van der Waals surface area contributed by atoms with Crippen LogP contribution < -0.4 is 0 Å². The van der Waals surface area contributed by atoms with Crippen LogP contribution >= 0.6 is 11.6 Å². The minimum absolute atomic E-state index is 0.150. The second-order valence-electron chi connectivity index (χ2n) is 8.27. The number of hydrogen-bond donors (Lipinski definition) is 0. The molecule has 1 fully saturated rings. The van der Waals surface area contributed by atoms with Crippen LogP contribution in [-0.2, 0) is 11.3 Å². The molecule has 1 saturated heterocycles. The number of halogens is 5. The number of carbonyl (C=O) groups excluding carboxylic acids is 1. The Morgan fingerprint density at radius 3 is 2.17 bits per heavy atom. The third-order valence-corrected chi connectivity index (χ3v) is 6.23. The van der Waals surface area contributed by atoms with Gasteiger partial charge >= 0.3 is 0 Å². The Bertz CT molecular complexity index is 1160. The Balaban J connectivity index is 1.42. The van der Waals surface area contributed by atoms with E-state index in [-0.39, 0.29) is 17.7 Å². The third kappa shape index (κ3) is 6.20. The van der Waals surface area contributed by atoms with Crippen LogP contribution in [0.15, 0.2) is 60.7 Å². The summed E-state index contributed by atoms with van der Waals surface area (Å²) >= 11 is 6.00. The van der Waals surface area contributed by atoms with Crippen molar-refractivity contribution in [2.75, 3.05) is 32.7 Å². The fourth-order valence-electron chi connectivity index (χ4n) is 3.99. The highest BCUT2D eigenvalue weighted by atomic mass is 35.5. The fourth-order valence-corrected chi connectivity index (χ4v) is 4.11. The average Bonchev–Trinajstić information content (AvgIpc) is 2.83. The molecule has 184 valence electrons. The van der Waals surface area contributed by atoms with Crippen molar-refractivity contribution < 1.29 is 27.1 Å². The molecule has 0 spiro atoms. The van der Waals surface area contributed by atoms with Gasteiger partial charge in [0, 0.05) is 49.4 Å². The second kappa shape index (κ2) is 11.2. The molecule has 4 rings (SSSR count). The number of nitrogens with zero attached hydrogens (tertiary/aromatic N) is 2. The smallest absolute Gasteiger partial charge is 0.256 e. The lowest BCUT2D eigenvalue weighted by Crippen LogP contribution is -2.49. The molecule has 1 aliphatic heterocycles. The quantitative estimate of drug-likeness (QED) is 0.390. The standard InChI is InChI=1S/C26H23ClF4N2O2/c27-18-6-4-17(5-7-18)25(35-16-21-22(29)2-1-3-23(21)30)15-32-10-12-33(13-11-32)26(34)20-9-8-19(28)14-24(20)31/h1-9,14,25H,10-13,15-16H2. The van der Waals surface area contributed by atoms with E-state index in [1.807, 2.05) is 0 Å². The van der Waals surface area contributed by atoms with Gasteiger partial charge < -0.3 is 9.64 Å². The Morgan fingerprint density at radius 2 is 1.54 bits per heavy atom. The predicted octanol–water partition coefficient (Wildman–Crippen LogP) is 5.61. The fraction of sp³-hybridized carbons (Fsp3) is 0.269. The van der Waals surface area contributed by atoms with Crippen LogP contribution in [0.5, 0.6) is 0 Å². The molecule has 1 amide bonds. The highest BCUT2D eigenvalue weighted by Gasteiger charge is 2.26. The summed E-state index contributed by atoms with van der Waals surface area (Å²) in [5.41, 5.74) is 0.468. The molecule has 3 aromatic carbocycles. The van der Waals surface area contributed by atoms with E-state index in [1.165, 1.54) is 23.1 Å². The predicted molar refractivity (Wildman–Crippen MR) is 124 cm³/mol. The second-order valence-corrected chi connectivity index (χ2v) is 8.70. The highest BCUT2D eigenvalue weighted by Crippen LogP contribution is 2.25. The van der Waals surface area contributed by atoms with Crippen molar-refractivity contribution in [3.63, 3.8) is 0 Å². The van der Waals surface area contributed by atoms with E-state index in [0.29, 0.717) is 43.8 Å². The first-order valence-electron chi connectivity index (χ1n) is 11.1. The Hall–Kier alpha value is -2.94. The van der Waals surface area contributed by atoms with Crippen LogP contribution in [0.25, 0.3) is 0 Å². The lowest BCUT2D eigenvalue weighted by molar-refractivity contribution is 0.00141. The van der Waals surface area contributed by atoms with E-state index in [2.05, 4.69) is 4.90 Å². The van der Waals surface area contributed by atoms with Crippen molar-refractivity contribution in [2.24, 2.45) is 0 Å². The zero-order chi connectivity index (χ0) is 24.9. The summed E-state index contributed by atoms with van der Waals surface area (Å²) in [4.78, 5) is 16.2. The first-order valence-corrected chi connectivity index (χ1v) is 11.5. The molecule has 1 unspecified atom stereocenters. The van der Waals surface area contributed by atoms with Crippen LogP contribution in [0.4, 0.5) is 17.6 Å². The van der Waals surface area contributed by atoms with E-state index in [0.717, 1.165) is 17.7 Å². The largest absolute Gasteiger partial charge is 0.367 e. The molecule has 9 heteroatoms. The van der Waals surface area contributed by atoms with Crippen molar-refractivity contribution in [2.45, 2.75) is 12.7 Å². The van der Waals surface area contributed by atoms with Gasteiger partial charge in [-0.2, -0.15) is 0 Å². The van der Waals surface area contributed by atoms with Crippen LogP contribution in [0.2, 0.25) is 5.02 Å². The number of carbonyl (C=O) groups is 1. The lowest BCUT2D eigenvalue weighted by atomic mass is 10.1. The molecule has 3 aromatic rings. The normalized spacial score (nSPS) is 15.3. The van der Waals surface area contributed by atoms with Gasteiger partial charge in [-0.1, -0.05) is 29.8 Å². The van der Waals surface area contributed by atoms with E-state index in [9.17, 15) is 22.4 Å². The summed E-state index contributed by atoms with van der Waals surface area (Å²) in [5.74, 6) is -3.50. The van der Waals surface area contributed by atoms with E-state index < -0.39 is 35.3 Å². The Labute approximate surface area is 205 Å². The molecule has 0 radical (unpaired) electrons. The van der Waals surface area contributed by atoms with Gasteiger partial charge in [-0.15, -0.1) is 0 Å². The molecule has 0 aromatic heterocycles.